The Labute approximate surface area is 169 Å². The highest BCUT2D eigenvalue weighted by molar-refractivity contribution is 9.10. The average Bonchev–Trinajstić information content (AvgIpc) is 3.15. The number of hydrogen-bond donors (Lipinski definition) is 0. The van der Waals surface area contributed by atoms with Crippen molar-refractivity contribution in [1.82, 2.24) is 24.7 Å². The van der Waals surface area contributed by atoms with Crippen LogP contribution in [0.3, 0.4) is 0 Å². The molecule has 3 rings (SSSR count). The lowest BCUT2D eigenvalue weighted by Crippen LogP contribution is -2.16. The standard InChI is InChI=1S/C17H13BrF5N5O/c18-11-1-2-13(25-8-11)14(4-6-29-16(19)20)28-9-10(7-26-28)12-3-5-24-15(27-12)17(21,22)23/h1-3,5,7-9,14,16H,4,6H2. The number of halogens is 6. The summed E-state index contributed by atoms with van der Waals surface area (Å²) in [6, 6.07) is 4.17. The number of hydrogen-bond acceptors (Lipinski definition) is 5. The molecule has 154 valence electrons. The Bertz CT molecular complexity index is 948. The fourth-order valence-electron chi connectivity index (χ4n) is 2.57. The van der Waals surface area contributed by atoms with Crippen molar-refractivity contribution in [2.24, 2.45) is 0 Å². The van der Waals surface area contributed by atoms with Crippen LogP contribution >= 0.6 is 15.9 Å². The van der Waals surface area contributed by atoms with Gasteiger partial charge in [-0.15, -0.1) is 0 Å². The normalized spacial score (nSPS) is 13.1. The van der Waals surface area contributed by atoms with Gasteiger partial charge >= 0.3 is 12.8 Å². The van der Waals surface area contributed by atoms with Crippen LogP contribution in [0, 0.1) is 0 Å². The minimum absolute atomic E-state index is 0.0323. The van der Waals surface area contributed by atoms with E-state index in [-0.39, 0.29) is 18.7 Å². The molecule has 0 saturated heterocycles. The van der Waals surface area contributed by atoms with Crippen molar-refractivity contribution >= 4 is 15.9 Å². The largest absolute Gasteiger partial charge is 0.451 e. The molecule has 0 radical (unpaired) electrons. The van der Waals surface area contributed by atoms with E-state index >= 15 is 0 Å². The molecule has 0 N–H and O–H groups in total. The molecular formula is C17H13BrF5N5O. The Balaban J connectivity index is 1.89. The molecule has 0 spiro atoms. The zero-order chi connectivity index (χ0) is 21.0. The SMILES string of the molecule is FC(F)OCCC(c1ccc(Br)cn1)n1cc(-c2ccnc(C(F)(F)F)n2)cn1. The minimum Gasteiger partial charge on any atom is -0.323 e. The Morgan fingerprint density at radius 1 is 1.10 bits per heavy atom. The second-order valence-corrected chi connectivity index (χ2v) is 6.73. The quantitative estimate of drug-likeness (QED) is 0.460. The van der Waals surface area contributed by atoms with Gasteiger partial charge < -0.3 is 4.74 Å². The number of ether oxygens (including phenoxy) is 1. The molecule has 12 heteroatoms. The van der Waals surface area contributed by atoms with Crippen molar-refractivity contribution in [3.8, 4) is 11.3 Å². The van der Waals surface area contributed by atoms with E-state index in [9.17, 15) is 22.0 Å². The zero-order valence-corrected chi connectivity index (χ0v) is 16.1. The first-order chi connectivity index (χ1) is 13.7. The third-order valence-corrected chi connectivity index (χ3v) is 4.32. The van der Waals surface area contributed by atoms with Crippen LogP contribution < -0.4 is 0 Å². The minimum atomic E-state index is -4.68. The molecule has 0 fully saturated rings. The first-order valence-corrected chi connectivity index (χ1v) is 8.99. The Morgan fingerprint density at radius 3 is 2.55 bits per heavy atom. The first-order valence-electron chi connectivity index (χ1n) is 8.20. The van der Waals surface area contributed by atoms with E-state index in [0.717, 1.165) is 10.7 Å². The van der Waals surface area contributed by atoms with Crippen molar-refractivity contribution in [2.45, 2.75) is 25.3 Å². The van der Waals surface area contributed by atoms with Crippen LogP contribution in [0.5, 0.6) is 0 Å². The summed E-state index contributed by atoms with van der Waals surface area (Å²) in [6.45, 7) is -3.18. The molecule has 1 unspecified atom stereocenters. The number of alkyl halides is 5. The van der Waals surface area contributed by atoms with Gasteiger partial charge in [0.1, 0.15) is 0 Å². The van der Waals surface area contributed by atoms with E-state index in [4.69, 9.17) is 0 Å². The molecule has 0 bridgehead atoms. The molecular weight excluding hydrogens is 465 g/mol. The summed E-state index contributed by atoms with van der Waals surface area (Å²) in [7, 11) is 0. The van der Waals surface area contributed by atoms with Gasteiger partial charge in [0.25, 0.3) is 0 Å². The number of rotatable bonds is 7. The number of aromatic nitrogens is 5. The van der Waals surface area contributed by atoms with Crippen molar-refractivity contribution < 1.29 is 26.7 Å². The molecule has 29 heavy (non-hydrogen) atoms. The molecule has 3 aromatic heterocycles. The van der Waals surface area contributed by atoms with Crippen molar-refractivity contribution in [1.29, 1.82) is 0 Å². The molecule has 0 saturated carbocycles. The Kier molecular flexibility index (Phi) is 6.52. The first kappa shape index (κ1) is 21.2. The van der Waals surface area contributed by atoms with Gasteiger partial charge in [-0.1, -0.05) is 0 Å². The fraction of sp³-hybridized carbons (Fsp3) is 0.294. The molecule has 0 amide bonds. The van der Waals surface area contributed by atoms with Gasteiger partial charge in [0, 0.05) is 28.6 Å². The number of pyridine rings is 1. The van der Waals surface area contributed by atoms with Crippen LogP contribution in [0.15, 0.2) is 47.5 Å². The molecule has 0 aliphatic rings. The lowest BCUT2D eigenvalue weighted by molar-refractivity contribution is -0.144. The van der Waals surface area contributed by atoms with Crippen LogP contribution in [0.4, 0.5) is 22.0 Å². The summed E-state index contributed by atoms with van der Waals surface area (Å²) in [6.07, 6.45) is 0.801. The maximum absolute atomic E-state index is 12.8. The summed E-state index contributed by atoms with van der Waals surface area (Å²) in [5.74, 6) is -1.26. The fourth-order valence-corrected chi connectivity index (χ4v) is 2.80. The topological polar surface area (TPSA) is 65.7 Å². The van der Waals surface area contributed by atoms with Crippen LogP contribution in [0.2, 0.25) is 0 Å². The maximum Gasteiger partial charge on any atom is 0.451 e. The third kappa shape index (κ3) is 5.54. The maximum atomic E-state index is 12.8. The van der Waals surface area contributed by atoms with Crippen LogP contribution in [-0.2, 0) is 10.9 Å². The van der Waals surface area contributed by atoms with Crippen molar-refractivity contribution in [2.75, 3.05) is 6.61 Å². The van der Waals surface area contributed by atoms with E-state index in [1.807, 2.05) is 0 Å². The summed E-state index contributed by atoms with van der Waals surface area (Å²) in [5, 5.41) is 4.16. The smallest absolute Gasteiger partial charge is 0.323 e. The summed E-state index contributed by atoms with van der Waals surface area (Å²) < 4.78 is 69.7. The van der Waals surface area contributed by atoms with Crippen LogP contribution in [0.1, 0.15) is 24.0 Å². The van der Waals surface area contributed by atoms with Gasteiger partial charge in [-0.25, -0.2) is 9.97 Å². The molecule has 1 atom stereocenters. The lowest BCUT2D eigenvalue weighted by atomic mass is 10.1. The molecule has 0 aromatic carbocycles. The van der Waals surface area contributed by atoms with Crippen LogP contribution in [-0.4, -0.2) is 38.0 Å². The highest BCUT2D eigenvalue weighted by atomic mass is 79.9. The van der Waals surface area contributed by atoms with Gasteiger partial charge in [-0.3, -0.25) is 9.67 Å². The molecule has 0 aliphatic carbocycles. The average molecular weight is 478 g/mol. The summed E-state index contributed by atoms with van der Waals surface area (Å²) >= 11 is 3.27. The van der Waals surface area contributed by atoms with Gasteiger partial charge in [-0.05, 0) is 40.5 Å². The zero-order valence-electron chi connectivity index (χ0n) is 14.5. The highest BCUT2D eigenvalue weighted by Crippen LogP contribution is 2.29. The predicted octanol–water partition coefficient (Wildman–Crippen LogP) is 4.74. The van der Waals surface area contributed by atoms with E-state index in [1.54, 1.807) is 18.3 Å². The molecule has 0 aliphatic heterocycles. The van der Waals surface area contributed by atoms with E-state index < -0.39 is 24.7 Å². The Hall–Kier alpha value is -2.47. The van der Waals surface area contributed by atoms with Crippen LogP contribution in [0.25, 0.3) is 11.3 Å². The van der Waals surface area contributed by atoms with E-state index in [2.05, 4.69) is 40.7 Å². The van der Waals surface area contributed by atoms with Gasteiger partial charge in [0.05, 0.1) is 30.2 Å². The second kappa shape index (κ2) is 8.91. The highest BCUT2D eigenvalue weighted by Gasteiger charge is 2.34. The third-order valence-electron chi connectivity index (χ3n) is 3.85. The molecule has 3 heterocycles. The Morgan fingerprint density at radius 2 is 1.90 bits per heavy atom. The van der Waals surface area contributed by atoms with Gasteiger partial charge in [0.2, 0.25) is 5.82 Å². The summed E-state index contributed by atoms with van der Waals surface area (Å²) in [5.41, 5.74) is 0.874. The summed E-state index contributed by atoms with van der Waals surface area (Å²) in [4.78, 5) is 11.0. The lowest BCUT2D eigenvalue weighted by Gasteiger charge is -2.17. The van der Waals surface area contributed by atoms with E-state index in [0.29, 0.717) is 11.3 Å². The molecule has 6 nitrogen and oxygen atoms in total. The monoisotopic (exact) mass is 477 g/mol. The van der Waals surface area contributed by atoms with E-state index in [1.165, 1.54) is 23.1 Å². The number of nitrogens with zero attached hydrogens (tertiary/aromatic N) is 5. The van der Waals surface area contributed by atoms with Gasteiger partial charge in [0.15, 0.2) is 0 Å². The van der Waals surface area contributed by atoms with Gasteiger partial charge in [-0.2, -0.15) is 27.1 Å². The second-order valence-electron chi connectivity index (χ2n) is 5.81. The predicted molar refractivity (Wildman–Crippen MR) is 94.9 cm³/mol. The molecule has 3 aromatic rings. The van der Waals surface area contributed by atoms with Crippen molar-refractivity contribution in [3.63, 3.8) is 0 Å². The van der Waals surface area contributed by atoms with Crippen molar-refractivity contribution in [3.05, 3.63) is 59.0 Å².